The maximum absolute atomic E-state index is 11.8. The molecule has 0 fully saturated rings. The standard InChI is InChI=1S/C14H17ClO3/c1-3-13(16)12(14(17)18-4-2)9-10-5-7-11(15)8-6-10/h5-8,12H,3-4,9H2,1-2H3. The highest BCUT2D eigenvalue weighted by atomic mass is 35.5. The highest BCUT2D eigenvalue weighted by Crippen LogP contribution is 2.16. The van der Waals surface area contributed by atoms with Crippen LogP contribution in [0.4, 0.5) is 0 Å². The SMILES string of the molecule is CCOC(=O)C(Cc1ccc(Cl)cc1)C(=O)CC. The molecule has 1 unspecified atom stereocenters. The molecule has 98 valence electrons. The molecule has 0 amide bonds. The lowest BCUT2D eigenvalue weighted by atomic mass is 9.94. The van der Waals surface area contributed by atoms with Gasteiger partial charge in [0.2, 0.25) is 0 Å². The third-order valence-electron chi connectivity index (χ3n) is 2.66. The van der Waals surface area contributed by atoms with Gasteiger partial charge in [-0.15, -0.1) is 0 Å². The number of ether oxygens (including phenoxy) is 1. The Hall–Kier alpha value is -1.35. The second-order valence-corrected chi connectivity index (χ2v) is 4.39. The molecule has 0 N–H and O–H groups in total. The topological polar surface area (TPSA) is 43.4 Å². The van der Waals surface area contributed by atoms with E-state index in [1.54, 1.807) is 26.0 Å². The van der Waals surface area contributed by atoms with Gasteiger partial charge in [0.25, 0.3) is 0 Å². The minimum atomic E-state index is -0.712. The van der Waals surface area contributed by atoms with Crippen molar-refractivity contribution in [3.63, 3.8) is 0 Å². The molecule has 0 aromatic heterocycles. The molecule has 1 aromatic carbocycles. The number of carbonyl (C=O) groups excluding carboxylic acids is 2. The van der Waals surface area contributed by atoms with E-state index in [2.05, 4.69) is 0 Å². The first kappa shape index (κ1) is 14.7. The molecule has 0 heterocycles. The molecule has 0 radical (unpaired) electrons. The van der Waals surface area contributed by atoms with Crippen LogP contribution in [0.15, 0.2) is 24.3 Å². The second-order valence-electron chi connectivity index (χ2n) is 3.96. The van der Waals surface area contributed by atoms with Crippen LogP contribution in [-0.4, -0.2) is 18.4 Å². The molecule has 0 saturated carbocycles. The average Bonchev–Trinajstić information content (AvgIpc) is 2.37. The Kier molecular flexibility index (Phi) is 5.86. The fourth-order valence-corrected chi connectivity index (χ4v) is 1.80. The van der Waals surface area contributed by atoms with E-state index in [4.69, 9.17) is 16.3 Å². The smallest absolute Gasteiger partial charge is 0.316 e. The van der Waals surface area contributed by atoms with Gasteiger partial charge in [-0.2, -0.15) is 0 Å². The lowest BCUT2D eigenvalue weighted by Gasteiger charge is -2.13. The van der Waals surface area contributed by atoms with Crippen LogP contribution in [0.1, 0.15) is 25.8 Å². The van der Waals surface area contributed by atoms with E-state index in [0.717, 1.165) is 5.56 Å². The van der Waals surface area contributed by atoms with E-state index in [1.165, 1.54) is 0 Å². The maximum Gasteiger partial charge on any atom is 0.316 e. The number of esters is 1. The van der Waals surface area contributed by atoms with Crippen LogP contribution in [0, 0.1) is 5.92 Å². The van der Waals surface area contributed by atoms with Crippen LogP contribution in [0.5, 0.6) is 0 Å². The predicted molar refractivity (Wildman–Crippen MR) is 70.6 cm³/mol. The first-order chi connectivity index (χ1) is 8.58. The summed E-state index contributed by atoms with van der Waals surface area (Å²) in [7, 11) is 0. The van der Waals surface area contributed by atoms with Crippen molar-refractivity contribution in [2.24, 2.45) is 5.92 Å². The third kappa shape index (κ3) is 4.15. The molecule has 0 spiro atoms. The van der Waals surface area contributed by atoms with Crippen molar-refractivity contribution in [3.05, 3.63) is 34.9 Å². The Bertz CT molecular complexity index is 412. The third-order valence-corrected chi connectivity index (χ3v) is 2.91. The normalized spacial score (nSPS) is 11.9. The highest BCUT2D eigenvalue weighted by molar-refractivity contribution is 6.30. The molecule has 3 nitrogen and oxygen atoms in total. The van der Waals surface area contributed by atoms with E-state index < -0.39 is 11.9 Å². The Morgan fingerprint density at radius 2 is 1.83 bits per heavy atom. The molecule has 0 saturated heterocycles. The summed E-state index contributed by atoms with van der Waals surface area (Å²) in [6.45, 7) is 3.76. The van der Waals surface area contributed by atoms with Crippen molar-refractivity contribution in [1.29, 1.82) is 0 Å². The summed E-state index contributed by atoms with van der Waals surface area (Å²) in [5, 5.41) is 0.633. The fourth-order valence-electron chi connectivity index (χ4n) is 1.67. The maximum atomic E-state index is 11.8. The lowest BCUT2D eigenvalue weighted by Crippen LogP contribution is -2.27. The van der Waals surface area contributed by atoms with E-state index in [-0.39, 0.29) is 12.4 Å². The first-order valence-electron chi connectivity index (χ1n) is 6.02. The largest absolute Gasteiger partial charge is 0.465 e. The molecule has 1 rings (SSSR count). The monoisotopic (exact) mass is 268 g/mol. The number of ketones is 1. The summed E-state index contributed by atoms with van der Waals surface area (Å²) < 4.78 is 4.94. The van der Waals surface area contributed by atoms with Crippen molar-refractivity contribution < 1.29 is 14.3 Å². The molecule has 18 heavy (non-hydrogen) atoms. The second kappa shape index (κ2) is 7.17. The Morgan fingerprint density at radius 3 is 2.33 bits per heavy atom. The van der Waals surface area contributed by atoms with Gasteiger partial charge < -0.3 is 4.74 Å². The van der Waals surface area contributed by atoms with Gasteiger partial charge >= 0.3 is 5.97 Å². The molecule has 0 aliphatic carbocycles. The highest BCUT2D eigenvalue weighted by Gasteiger charge is 2.26. The Labute approximate surface area is 112 Å². The number of hydrogen-bond donors (Lipinski definition) is 0. The quantitative estimate of drug-likeness (QED) is 0.588. The van der Waals surface area contributed by atoms with Crippen molar-refractivity contribution in [2.45, 2.75) is 26.7 Å². The summed E-state index contributed by atoms with van der Waals surface area (Å²) in [5.41, 5.74) is 0.902. The van der Waals surface area contributed by atoms with Crippen molar-refractivity contribution >= 4 is 23.4 Å². The van der Waals surface area contributed by atoms with E-state index in [0.29, 0.717) is 17.9 Å². The van der Waals surface area contributed by atoms with E-state index in [1.807, 2.05) is 12.1 Å². The molecular weight excluding hydrogens is 252 g/mol. The van der Waals surface area contributed by atoms with Gasteiger partial charge in [0.05, 0.1) is 6.61 Å². The first-order valence-corrected chi connectivity index (χ1v) is 6.40. The molecule has 0 aliphatic rings. The molecular formula is C14H17ClO3. The van der Waals surface area contributed by atoms with Crippen LogP contribution in [0.3, 0.4) is 0 Å². The van der Waals surface area contributed by atoms with Gasteiger partial charge in [0.15, 0.2) is 0 Å². The Balaban J connectivity index is 2.81. The van der Waals surface area contributed by atoms with Gasteiger partial charge in [-0.05, 0) is 31.0 Å². The van der Waals surface area contributed by atoms with Crippen LogP contribution in [0.25, 0.3) is 0 Å². The van der Waals surface area contributed by atoms with Crippen molar-refractivity contribution in [3.8, 4) is 0 Å². The van der Waals surface area contributed by atoms with Crippen LogP contribution in [0.2, 0.25) is 5.02 Å². The average molecular weight is 269 g/mol. The fraction of sp³-hybridized carbons (Fsp3) is 0.429. The number of rotatable bonds is 6. The minimum Gasteiger partial charge on any atom is -0.465 e. The zero-order chi connectivity index (χ0) is 13.5. The lowest BCUT2D eigenvalue weighted by molar-refractivity contribution is -0.151. The minimum absolute atomic E-state index is 0.0941. The van der Waals surface area contributed by atoms with Gasteiger partial charge in [-0.3, -0.25) is 9.59 Å². The van der Waals surface area contributed by atoms with Gasteiger partial charge in [-0.25, -0.2) is 0 Å². The number of Topliss-reactive ketones (excluding diaryl/α,β-unsaturated/α-hetero) is 1. The zero-order valence-electron chi connectivity index (χ0n) is 10.6. The van der Waals surface area contributed by atoms with Crippen LogP contribution in [-0.2, 0) is 20.7 Å². The molecule has 1 aromatic rings. The summed E-state index contributed by atoms with van der Waals surface area (Å²) >= 11 is 5.79. The van der Waals surface area contributed by atoms with Crippen molar-refractivity contribution in [2.75, 3.05) is 6.61 Å². The zero-order valence-corrected chi connectivity index (χ0v) is 11.4. The Morgan fingerprint density at radius 1 is 1.22 bits per heavy atom. The summed E-state index contributed by atoms with van der Waals surface area (Å²) in [5.74, 6) is -1.25. The van der Waals surface area contributed by atoms with Crippen LogP contribution >= 0.6 is 11.6 Å². The number of hydrogen-bond acceptors (Lipinski definition) is 3. The molecule has 4 heteroatoms. The van der Waals surface area contributed by atoms with Gasteiger partial charge in [0, 0.05) is 11.4 Å². The number of benzene rings is 1. The molecule has 1 atom stereocenters. The van der Waals surface area contributed by atoms with Crippen LogP contribution < -0.4 is 0 Å². The number of halogens is 1. The number of carbonyl (C=O) groups is 2. The predicted octanol–water partition coefficient (Wildman–Crippen LogP) is 3.04. The molecule has 0 aliphatic heterocycles. The van der Waals surface area contributed by atoms with E-state index >= 15 is 0 Å². The summed E-state index contributed by atoms with van der Waals surface area (Å²) in [4.78, 5) is 23.5. The summed E-state index contributed by atoms with van der Waals surface area (Å²) in [6, 6.07) is 7.13. The van der Waals surface area contributed by atoms with Gasteiger partial charge in [0.1, 0.15) is 11.7 Å². The summed E-state index contributed by atoms with van der Waals surface area (Å²) in [6.07, 6.45) is 0.694. The van der Waals surface area contributed by atoms with Gasteiger partial charge in [-0.1, -0.05) is 30.7 Å². The van der Waals surface area contributed by atoms with Crippen molar-refractivity contribution in [1.82, 2.24) is 0 Å². The van der Waals surface area contributed by atoms with E-state index in [9.17, 15) is 9.59 Å². The molecule has 0 bridgehead atoms.